The van der Waals surface area contributed by atoms with Crippen LogP contribution in [-0.4, -0.2) is 82.6 Å². The molecule has 1 aliphatic rings. The molecule has 0 aliphatic carbocycles. The molecular formula is C21H18O14. The minimum absolute atomic E-state index is 0.282. The molecule has 35 heavy (non-hydrogen) atoms. The summed E-state index contributed by atoms with van der Waals surface area (Å²) in [5.74, 6) is -6.98. The van der Waals surface area contributed by atoms with E-state index in [1.807, 2.05) is 0 Å². The molecule has 2 heterocycles. The van der Waals surface area contributed by atoms with E-state index in [1.54, 1.807) is 0 Å². The number of hydrogen-bond donors (Lipinski definition) is 9. The van der Waals surface area contributed by atoms with Gasteiger partial charge in [-0.2, -0.15) is 0 Å². The zero-order chi connectivity index (χ0) is 25.8. The van der Waals surface area contributed by atoms with Gasteiger partial charge in [0.25, 0.3) is 0 Å². The first kappa shape index (κ1) is 23.9. The molecule has 9 N–H and O–H groups in total. The smallest absolute Gasteiger partial charge is 0.335 e. The van der Waals surface area contributed by atoms with Gasteiger partial charge in [0.15, 0.2) is 29.1 Å². The quantitative estimate of drug-likeness (QED) is 0.203. The third kappa shape index (κ3) is 4.00. The first-order valence-electron chi connectivity index (χ1n) is 9.78. The molecule has 1 saturated heterocycles. The number of aliphatic carboxylic acids is 1. The predicted octanol–water partition coefficient (Wildman–Crippen LogP) is -0.741. The molecule has 5 atom stereocenters. The highest BCUT2D eigenvalue weighted by atomic mass is 16.7. The van der Waals surface area contributed by atoms with Gasteiger partial charge in [0.2, 0.25) is 17.5 Å². The predicted molar refractivity (Wildman–Crippen MR) is 111 cm³/mol. The van der Waals surface area contributed by atoms with Crippen molar-refractivity contribution in [2.75, 3.05) is 0 Å². The number of aliphatic hydroxyl groups excluding tert-OH is 3. The Morgan fingerprint density at radius 1 is 0.857 bits per heavy atom. The summed E-state index contributed by atoms with van der Waals surface area (Å²) >= 11 is 0. The summed E-state index contributed by atoms with van der Waals surface area (Å²) in [6.07, 6.45) is -10.3. The van der Waals surface area contributed by atoms with Crippen LogP contribution in [0.2, 0.25) is 0 Å². The number of benzene rings is 2. The Morgan fingerprint density at radius 2 is 1.49 bits per heavy atom. The number of carboxylic acids is 1. The van der Waals surface area contributed by atoms with Crippen molar-refractivity contribution in [1.82, 2.24) is 0 Å². The first-order valence-corrected chi connectivity index (χ1v) is 9.78. The molecule has 0 amide bonds. The highest BCUT2D eigenvalue weighted by molar-refractivity contribution is 5.88. The maximum absolute atomic E-state index is 13.3. The van der Waals surface area contributed by atoms with E-state index in [2.05, 4.69) is 0 Å². The fourth-order valence-electron chi connectivity index (χ4n) is 3.57. The van der Waals surface area contributed by atoms with Gasteiger partial charge in [-0.3, -0.25) is 4.79 Å². The molecule has 1 aromatic heterocycles. The van der Waals surface area contributed by atoms with Crippen LogP contribution in [0.1, 0.15) is 0 Å². The van der Waals surface area contributed by atoms with Crippen molar-refractivity contribution < 1.29 is 64.6 Å². The van der Waals surface area contributed by atoms with Gasteiger partial charge < -0.3 is 59.8 Å². The zero-order valence-corrected chi connectivity index (χ0v) is 17.3. The number of hydrogen-bond acceptors (Lipinski definition) is 13. The molecule has 1 unspecified atom stereocenters. The average molecular weight is 494 g/mol. The van der Waals surface area contributed by atoms with Gasteiger partial charge in [-0.1, -0.05) is 0 Å². The third-order valence-corrected chi connectivity index (χ3v) is 5.30. The van der Waals surface area contributed by atoms with Gasteiger partial charge >= 0.3 is 5.97 Å². The highest BCUT2D eigenvalue weighted by Crippen LogP contribution is 2.43. The van der Waals surface area contributed by atoms with Crippen LogP contribution in [0.15, 0.2) is 33.5 Å². The molecule has 0 bridgehead atoms. The van der Waals surface area contributed by atoms with Gasteiger partial charge in [-0.25, -0.2) is 4.79 Å². The Labute approximate surface area is 193 Å². The Hall–Kier alpha value is -4.24. The van der Waals surface area contributed by atoms with E-state index in [0.717, 1.165) is 24.3 Å². The van der Waals surface area contributed by atoms with Crippen LogP contribution in [0.3, 0.4) is 0 Å². The van der Waals surface area contributed by atoms with E-state index in [4.69, 9.17) is 13.9 Å². The number of rotatable bonds is 4. The number of phenols is 5. The van der Waals surface area contributed by atoms with Gasteiger partial charge in [0.1, 0.15) is 40.8 Å². The van der Waals surface area contributed by atoms with E-state index < -0.39 is 87.7 Å². The summed E-state index contributed by atoms with van der Waals surface area (Å²) in [6.45, 7) is 0. The number of ether oxygens (including phenoxy) is 2. The van der Waals surface area contributed by atoms with Crippen molar-refractivity contribution in [3.63, 3.8) is 0 Å². The molecule has 1 fully saturated rings. The summed E-state index contributed by atoms with van der Waals surface area (Å²) in [5, 5.41) is 88.2. The summed E-state index contributed by atoms with van der Waals surface area (Å²) < 4.78 is 15.9. The van der Waals surface area contributed by atoms with Gasteiger partial charge in [0.05, 0.1) is 0 Å². The van der Waals surface area contributed by atoms with Crippen LogP contribution in [-0.2, 0) is 9.53 Å². The maximum Gasteiger partial charge on any atom is 0.335 e. The molecule has 0 saturated carbocycles. The number of carbonyl (C=O) groups is 1. The van der Waals surface area contributed by atoms with E-state index in [9.17, 15) is 55.5 Å². The van der Waals surface area contributed by atoms with Crippen LogP contribution in [0.25, 0.3) is 22.3 Å². The van der Waals surface area contributed by atoms with E-state index >= 15 is 0 Å². The fraction of sp³-hybridized carbons (Fsp3) is 0.238. The Bertz CT molecular complexity index is 1360. The summed E-state index contributed by atoms with van der Waals surface area (Å²) in [5.41, 5.74) is -1.80. The van der Waals surface area contributed by atoms with Crippen molar-refractivity contribution >= 4 is 16.9 Å². The molecule has 1 aliphatic heterocycles. The first-order chi connectivity index (χ1) is 16.4. The number of aliphatic hydroxyl groups is 3. The average Bonchev–Trinajstić information content (AvgIpc) is 2.77. The Morgan fingerprint density at radius 3 is 2.09 bits per heavy atom. The second-order valence-corrected chi connectivity index (χ2v) is 7.64. The van der Waals surface area contributed by atoms with Crippen molar-refractivity contribution in [2.24, 2.45) is 0 Å². The molecule has 0 spiro atoms. The van der Waals surface area contributed by atoms with Crippen LogP contribution >= 0.6 is 0 Å². The van der Waals surface area contributed by atoms with Crippen LogP contribution in [0.4, 0.5) is 0 Å². The maximum atomic E-state index is 13.3. The Balaban J connectivity index is 1.94. The van der Waals surface area contributed by atoms with E-state index in [1.165, 1.54) is 0 Å². The molecular weight excluding hydrogens is 476 g/mol. The van der Waals surface area contributed by atoms with Crippen LogP contribution < -0.4 is 10.2 Å². The molecule has 2 aromatic carbocycles. The molecule has 4 rings (SSSR count). The van der Waals surface area contributed by atoms with Crippen LogP contribution in [0.5, 0.6) is 34.5 Å². The second kappa shape index (κ2) is 8.52. The number of phenolic OH excluding ortho intramolecular Hbond substituents is 5. The Kier molecular flexibility index (Phi) is 5.82. The molecule has 14 heteroatoms. The van der Waals surface area contributed by atoms with Crippen molar-refractivity contribution in [3.8, 4) is 45.8 Å². The normalized spacial score (nSPS) is 24.4. The van der Waals surface area contributed by atoms with Crippen molar-refractivity contribution in [1.29, 1.82) is 0 Å². The highest BCUT2D eigenvalue weighted by Gasteiger charge is 2.48. The largest absolute Gasteiger partial charge is 0.508 e. The van der Waals surface area contributed by atoms with Gasteiger partial charge in [0, 0.05) is 17.7 Å². The number of fused-ring (bicyclic) bond motifs is 1. The molecule has 186 valence electrons. The molecule has 0 radical (unpaired) electrons. The van der Waals surface area contributed by atoms with Gasteiger partial charge in [-0.05, 0) is 12.1 Å². The lowest BCUT2D eigenvalue weighted by Crippen LogP contribution is -2.61. The SMILES string of the molecule is O=C(O)[C@H]1OC(Oc2c(-c3cc(O)c(O)c(O)c3)oc3cc(O)cc(O)c3c2=O)[C@H](O)[C@@H](O)[C@@H]1O. The second-order valence-electron chi connectivity index (χ2n) is 7.64. The lowest BCUT2D eigenvalue weighted by Gasteiger charge is -2.38. The lowest BCUT2D eigenvalue weighted by molar-refractivity contribution is -0.271. The lowest BCUT2D eigenvalue weighted by atomic mass is 9.99. The summed E-state index contributed by atoms with van der Waals surface area (Å²) in [7, 11) is 0. The third-order valence-electron chi connectivity index (χ3n) is 5.30. The van der Waals surface area contributed by atoms with E-state index in [0.29, 0.717) is 0 Å². The molecule has 3 aromatic rings. The van der Waals surface area contributed by atoms with Gasteiger partial charge in [-0.15, -0.1) is 0 Å². The van der Waals surface area contributed by atoms with Crippen LogP contribution in [0, 0.1) is 0 Å². The zero-order valence-electron chi connectivity index (χ0n) is 17.3. The summed E-state index contributed by atoms with van der Waals surface area (Å²) in [6, 6.07) is 3.47. The minimum Gasteiger partial charge on any atom is -0.508 e. The summed E-state index contributed by atoms with van der Waals surface area (Å²) in [4.78, 5) is 24.6. The van der Waals surface area contributed by atoms with Crippen molar-refractivity contribution in [2.45, 2.75) is 30.7 Å². The molecule has 14 nitrogen and oxygen atoms in total. The number of aromatic hydroxyl groups is 5. The fourth-order valence-corrected chi connectivity index (χ4v) is 3.57. The standard InChI is InChI=1S/C21H18O14/c22-6-3-7(23)11-10(4-6)33-17(5-1-8(24)12(26)9(25)2-5)18(13(11)27)34-21-16(30)14(28)15(29)19(35-21)20(31)32/h1-4,14-16,19,21-26,28-30H,(H,31,32)/t14-,15-,16+,19-,21?/m0/s1. The van der Waals surface area contributed by atoms with Crippen molar-refractivity contribution in [3.05, 3.63) is 34.5 Å². The topological polar surface area (TPSA) is 248 Å². The minimum atomic E-state index is -2.07. The monoisotopic (exact) mass is 494 g/mol. The number of carboxylic acid groups (broad SMARTS) is 1. The van der Waals surface area contributed by atoms with E-state index in [-0.39, 0.29) is 11.1 Å².